The Morgan fingerprint density at radius 3 is 2.55 bits per heavy atom. The van der Waals surface area contributed by atoms with Crippen LogP contribution in [0.15, 0.2) is 43.0 Å². The van der Waals surface area contributed by atoms with Crippen LogP contribution in [-0.2, 0) is 16.1 Å². The van der Waals surface area contributed by atoms with E-state index in [1.165, 1.54) is 6.33 Å². The number of carbonyl (C=O) groups is 2. The maximum absolute atomic E-state index is 13.2. The van der Waals surface area contributed by atoms with Gasteiger partial charge in [-0.25, -0.2) is 9.67 Å². The highest BCUT2D eigenvalue weighted by molar-refractivity contribution is 5.85. The summed E-state index contributed by atoms with van der Waals surface area (Å²) in [6.07, 6.45) is 8.09. The monoisotopic (exact) mass is 393 g/mol. The van der Waals surface area contributed by atoms with Crippen molar-refractivity contribution < 1.29 is 9.59 Å². The van der Waals surface area contributed by atoms with Crippen LogP contribution >= 0.6 is 0 Å². The van der Waals surface area contributed by atoms with Crippen molar-refractivity contribution in [2.45, 2.75) is 50.6 Å². The van der Waals surface area contributed by atoms with E-state index in [-0.39, 0.29) is 23.8 Å². The molecule has 3 aliphatic rings. The van der Waals surface area contributed by atoms with Crippen LogP contribution in [0.2, 0.25) is 0 Å². The van der Waals surface area contributed by atoms with Crippen LogP contribution in [0.1, 0.15) is 43.6 Å². The lowest BCUT2D eigenvalue weighted by Crippen LogP contribution is -2.55. The van der Waals surface area contributed by atoms with E-state index in [0.717, 1.165) is 57.3 Å². The van der Waals surface area contributed by atoms with E-state index in [1.807, 2.05) is 23.1 Å². The van der Waals surface area contributed by atoms with E-state index >= 15 is 0 Å². The van der Waals surface area contributed by atoms with Crippen molar-refractivity contribution in [1.29, 1.82) is 0 Å². The summed E-state index contributed by atoms with van der Waals surface area (Å²) in [5, 5.41) is 4.04. The topological polar surface area (TPSA) is 71.3 Å². The third-order valence-corrected chi connectivity index (χ3v) is 6.85. The van der Waals surface area contributed by atoms with Gasteiger partial charge >= 0.3 is 0 Å². The zero-order chi connectivity index (χ0) is 19.8. The van der Waals surface area contributed by atoms with Crippen LogP contribution in [0.3, 0.4) is 0 Å². The predicted octanol–water partition coefficient (Wildman–Crippen LogP) is 2.07. The van der Waals surface area contributed by atoms with Gasteiger partial charge in [-0.3, -0.25) is 9.59 Å². The summed E-state index contributed by atoms with van der Waals surface area (Å²) in [6.45, 7) is 2.60. The molecule has 0 N–H and O–H groups in total. The molecule has 152 valence electrons. The number of amides is 2. The second-order valence-corrected chi connectivity index (χ2v) is 8.84. The molecule has 2 saturated heterocycles. The zero-order valence-electron chi connectivity index (χ0n) is 16.6. The largest absolute Gasteiger partial charge is 0.341 e. The Morgan fingerprint density at radius 2 is 1.90 bits per heavy atom. The molecule has 7 heteroatoms. The fourth-order valence-electron chi connectivity index (χ4n) is 5.01. The molecule has 1 atom stereocenters. The zero-order valence-corrected chi connectivity index (χ0v) is 16.6. The lowest BCUT2D eigenvalue weighted by atomic mass is 9.67. The Labute approximate surface area is 170 Å². The number of rotatable bonds is 4. The third kappa shape index (κ3) is 3.66. The average molecular weight is 393 g/mol. The molecular formula is C22H27N5O2. The van der Waals surface area contributed by atoms with Gasteiger partial charge in [0.2, 0.25) is 11.8 Å². The van der Waals surface area contributed by atoms with Gasteiger partial charge in [0.25, 0.3) is 0 Å². The third-order valence-electron chi connectivity index (χ3n) is 6.85. The molecule has 1 saturated carbocycles. The molecule has 2 amide bonds. The van der Waals surface area contributed by atoms with Gasteiger partial charge in [-0.05, 0) is 43.1 Å². The molecule has 1 aromatic carbocycles. The van der Waals surface area contributed by atoms with E-state index in [4.69, 9.17) is 0 Å². The van der Waals surface area contributed by atoms with Crippen molar-refractivity contribution >= 4 is 11.8 Å². The predicted molar refractivity (Wildman–Crippen MR) is 107 cm³/mol. The lowest BCUT2D eigenvalue weighted by molar-refractivity contribution is -0.145. The fraction of sp³-hybridized carbons (Fsp3) is 0.545. The summed E-state index contributed by atoms with van der Waals surface area (Å²) in [4.78, 5) is 33.9. The average Bonchev–Trinajstić information content (AvgIpc) is 3.47. The van der Waals surface area contributed by atoms with Gasteiger partial charge in [-0.1, -0.05) is 30.3 Å². The number of hydrogen-bond donors (Lipinski definition) is 0. The first-order chi connectivity index (χ1) is 14.1. The first-order valence-corrected chi connectivity index (χ1v) is 10.6. The highest BCUT2D eigenvalue weighted by Gasteiger charge is 2.49. The highest BCUT2D eigenvalue weighted by atomic mass is 16.2. The number of nitrogens with zero attached hydrogens (tertiary/aromatic N) is 5. The number of aromatic nitrogens is 3. The quantitative estimate of drug-likeness (QED) is 0.797. The highest BCUT2D eigenvalue weighted by Crippen LogP contribution is 2.48. The minimum Gasteiger partial charge on any atom is -0.341 e. The molecule has 0 unspecified atom stereocenters. The second kappa shape index (κ2) is 7.28. The Balaban J connectivity index is 1.31. The van der Waals surface area contributed by atoms with Crippen molar-refractivity contribution in [3.63, 3.8) is 0 Å². The van der Waals surface area contributed by atoms with Crippen molar-refractivity contribution in [2.75, 3.05) is 19.6 Å². The molecule has 2 aliphatic heterocycles. The van der Waals surface area contributed by atoms with Gasteiger partial charge in [0.1, 0.15) is 19.2 Å². The van der Waals surface area contributed by atoms with Crippen LogP contribution in [-0.4, -0.2) is 62.1 Å². The minimum atomic E-state index is -0.0528. The summed E-state index contributed by atoms with van der Waals surface area (Å²) in [5.41, 5.74) is 1.24. The van der Waals surface area contributed by atoms with Crippen LogP contribution in [0.4, 0.5) is 0 Å². The lowest BCUT2D eigenvalue weighted by Gasteiger charge is -2.50. The molecule has 1 spiro atoms. The molecule has 1 aromatic heterocycles. The fourth-order valence-corrected chi connectivity index (χ4v) is 5.01. The van der Waals surface area contributed by atoms with Gasteiger partial charge in [-0.15, -0.1) is 0 Å². The number of likely N-dealkylation sites (tertiary alicyclic amines) is 2. The van der Waals surface area contributed by atoms with Crippen molar-refractivity contribution in [2.24, 2.45) is 5.41 Å². The van der Waals surface area contributed by atoms with Gasteiger partial charge in [0.15, 0.2) is 0 Å². The van der Waals surface area contributed by atoms with Gasteiger partial charge in [-0.2, -0.15) is 5.10 Å². The van der Waals surface area contributed by atoms with Gasteiger partial charge in [0, 0.05) is 25.7 Å². The number of hydrogen-bond acceptors (Lipinski definition) is 4. The molecule has 0 bridgehead atoms. The standard InChI is InChI=1S/C22H27N5O2/c28-20(13-26-16-23-15-24-26)25-10-8-22(9-11-25)12-19(17-4-2-1-3-5-17)21(29)27(14-22)18-6-7-18/h1-5,15-16,18-19H,6-14H2/t19-/m1/s1. The van der Waals surface area contributed by atoms with E-state index in [1.54, 1.807) is 11.0 Å². The minimum absolute atomic E-state index is 0.0528. The maximum Gasteiger partial charge on any atom is 0.244 e. The van der Waals surface area contributed by atoms with E-state index in [0.29, 0.717) is 11.9 Å². The SMILES string of the molecule is O=C(Cn1cncn1)N1CCC2(CC1)C[C@H](c1ccccc1)C(=O)N(C1CC1)C2. The molecule has 2 aromatic rings. The van der Waals surface area contributed by atoms with Crippen LogP contribution in [0.5, 0.6) is 0 Å². The van der Waals surface area contributed by atoms with E-state index in [9.17, 15) is 9.59 Å². The molecule has 7 nitrogen and oxygen atoms in total. The molecule has 0 radical (unpaired) electrons. The van der Waals surface area contributed by atoms with Gasteiger partial charge in [0.05, 0.1) is 5.92 Å². The van der Waals surface area contributed by atoms with E-state index < -0.39 is 0 Å². The van der Waals surface area contributed by atoms with E-state index in [2.05, 4.69) is 27.1 Å². The van der Waals surface area contributed by atoms with Gasteiger partial charge < -0.3 is 9.80 Å². The Bertz CT molecular complexity index is 870. The first-order valence-electron chi connectivity index (χ1n) is 10.6. The summed E-state index contributed by atoms with van der Waals surface area (Å²) >= 11 is 0. The van der Waals surface area contributed by atoms with Crippen LogP contribution in [0, 0.1) is 5.41 Å². The summed E-state index contributed by atoms with van der Waals surface area (Å²) in [6, 6.07) is 10.7. The van der Waals surface area contributed by atoms with Crippen molar-refractivity contribution in [3.8, 4) is 0 Å². The molecule has 5 rings (SSSR count). The summed E-state index contributed by atoms with van der Waals surface area (Å²) in [5.74, 6) is 0.341. The second-order valence-electron chi connectivity index (χ2n) is 8.84. The summed E-state index contributed by atoms with van der Waals surface area (Å²) in [7, 11) is 0. The molecular weight excluding hydrogens is 366 g/mol. The molecule has 3 heterocycles. The van der Waals surface area contributed by atoms with Crippen LogP contribution in [0.25, 0.3) is 0 Å². The molecule has 1 aliphatic carbocycles. The Morgan fingerprint density at radius 1 is 1.14 bits per heavy atom. The maximum atomic E-state index is 13.2. The van der Waals surface area contributed by atoms with Crippen molar-refractivity contribution in [3.05, 3.63) is 48.5 Å². The number of benzene rings is 1. The molecule has 29 heavy (non-hydrogen) atoms. The number of carbonyl (C=O) groups excluding carboxylic acids is 2. The van der Waals surface area contributed by atoms with Crippen LogP contribution < -0.4 is 0 Å². The normalized spacial score (nSPS) is 24.1. The van der Waals surface area contributed by atoms with Crippen molar-refractivity contribution in [1.82, 2.24) is 24.6 Å². The smallest absolute Gasteiger partial charge is 0.244 e. The Kier molecular flexibility index (Phi) is 4.60. The molecule has 3 fully saturated rings. The number of piperidine rings is 2. The first kappa shape index (κ1) is 18.3. The Hall–Kier alpha value is -2.70. The summed E-state index contributed by atoms with van der Waals surface area (Å²) < 4.78 is 1.58.